The van der Waals surface area contributed by atoms with Crippen LogP contribution in [0.4, 0.5) is 5.69 Å². The van der Waals surface area contributed by atoms with Crippen LogP contribution in [0.2, 0.25) is 0 Å². The Morgan fingerprint density at radius 3 is 2.37 bits per heavy atom. The molecule has 0 saturated carbocycles. The van der Waals surface area contributed by atoms with Gasteiger partial charge in [-0.2, -0.15) is 0 Å². The highest BCUT2D eigenvalue weighted by Crippen LogP contribution is 2.45. The fraction of sp³-hybridized carbons (Fsp3) is 0.538. The van der Waals surface area contributed by atoms with Crippen molar-refractivity contribution in [2.75, 3.05) is 39.3 Å². The average molecular weight is 411 g/mol. The van der Waals surface area contributed by atoms with Gasteiger partial charge in [-0.1, -0.05) is 31.2 Å². The van der Waals surface area contributed by atoms with Crippen LogP contribution in [0.5, 0.6) is 5.75 Å². The van der Waals surface area contributed by atoms with Crippen molar-refractivity contribution in [1.82, 2.24) is 5.32 Å². The maximum Gasteiger partial charge on any atom is 0.118 e. The molecule has 0 amide bonds. The second kappa shape index (κ2) is 9.84. The minimum absolute atomic E-state index is 0.0554. The predicted octanol–water partition coefficient (Wildman–Crippen LogP) is 5.16. The molecule has 2 atom stereocenters. The average Bonchev–Trinajstić information content (AvgIpc) is 2.77. The van der Waals surface area contributed by atoms with Crippen molar-refractivity contribution in [2.45, 2.75) is 57.1 Å². The number of nitrogens with zero attached hydrogens (tertiary/aromatic N) is 1. The summed E-state index contributed by atoms with van der Waals surface area (Å²) in [5.74, 6) is 0.915. The quantitative estimate of drug-likeness (QED) is 0.579. The molecule has 1 N–H and O–H groups in total. The molecule has 0 bridgehead atoms. The Hall–Kier alpha value is -2.04. The van der Waals surface area contributed by atoms with Gasteiger partial charge in [0.1, 0.15) is 5.75 Å². The first kappa shape index (κ1) is 22.6. The molecule has 2 unspecified atom stereocenters. The van der Waals surface area contributed by atoms with Gasteiger partial charge in [0.15, 0.2) is 0 Å². The summed E-state index contributed by atoms with van der Waals surface area (Å²) in [5, 5.41) is 3.68. The fourth-order valence-electron chi connectivity index (χ4n) is 4.60. The molecule has 1 aliphatic rings. The molecule has 0 spiro atoms. The van der Waals surface area contributed by atoms with Crippen molar-refractivity contribution in [3.8, 4) is 5.75 Å². The third kappa shape index (κ3) is 5.35. The van der Waals surface area contributed by atoms with E-state index >= 15 is 0 Å². The normalized spacial score (nSPS) is 23.9. The highest BCUT2D eigenvalue weighted by atomic mass is 16.5. The monoisotopic (exact) mass is 410 g/mol. The van der Waals surface area contributed by atoms with Crippen molar-refractivity contribution >= 4 is 5.69 Å². The zero-order chi connectivity index (χ0) is 21.6. The lowest BCUT2D eigenvalue weighted by molar-refractivity contribution is -0.0979. The van der Waals surface area contributed by atoms with Gasteiger partial charge in [0.05, 0.1) is 12.7 Å². The molecule has 1 saturated heterocycles. The lowest BCUT2D eigenvalue weighted by atomic mass is 9.66. The van der Waals surface area contributed by atoms with Crippen LogP contribution in [0.15, 0.2) is 48.5 Å². The molecular formula is C26H38N2O2. The van der Waals surface area contributed by atoms with Crippen molar-refractivity contribution in [2.24, 2.45) is 0 Å². The SMILES string of the molecule is CCC1(C)CC(CCNCc2ccc(N(C)C)cc2)(c2ccc(OC)cc2)CCO1. The standard InChI is InChI=1S/C26H38N2O2/c1-6-25(2)20-26(16-18-30-25,22-9-13-24(29-5)14-10-22)15-17-27-19-21-7-11-23(12-8-21)28(3)4/h7-14,27H,6,15-20H2,1-5H3. The molecule has 2 aromatic carbocycles. The smallest absolute Gasteiger partial charge is 0.118 e. The van der Waals surface area contributed by atoms with Crippen LogP contribution in [-0.2, 0) is 16.7 Å². The molecule has 4 nitrogen and oxygen atoms in total. The second-order valence-corrected chi connectivity index (χ2v) is 9.08. The number of anilines is 1. The molecule has 2 aromatic rings. The van der Waals surface area contributed by atoms with Crippen molar-refractivity contribution < 1.29 is 9.47 Å². The van der Waals surface area contributed by atoms with Gasteiger partial charge in [-0.15, -0.1) is 0 Å². The van der Waals surface area contributed by atoms with E-state index in [1.807, 2.05) is 0 Å². The molecule has 0 aliphatic carbocycles. The summed E-state index contributed by atoms with van der Waals surface area (Å²) >= 11 is 0. The van der Waals surface area contributed by atoms with E-state index in [1.165, 1.54) is 16.8 Å². The van der Waals surface area contributed by atoms with Crippen LogP contribution in [0.25, 0.3) is 0 Å². The van der Waals surface area contributed by atoms with Gasteiger partial charge in [-0.05, 0) is 74.5 Å². The zero-order valence-corrected chi connectivity index (χ0v) is 19.3. The molecule has 30 heavy (non-hydrogen) atoms. The summed E-state index contributed by atoms with van der Waals surface area (Å²) in [7, 11) is 5.87. The Morgan fingerprint density at radius 1 is 1.07 bits per heavy atom. The topological polar surface area (TPSA) is 33.7 Å². The first-order chi connectivity index (χ1) is 14.4. The van der Waals surface area contributed by atoms with Gasteiger partial charge in [-0.25, -0.2) is 0 Å². The van der Waals surface area contributed by atoms with E-state index in [0.717, 1.165) is 51.1 Å². The Balaban J connectivity index is 1.68. The van der Waals surface area contributed by atoms with Gasteiger partial charge in [0.25, 0.3) is 0 Å². The van der Waals surface area contributed by atoms with Crippen LogP contribution < -0.4 is 15.0 Å². The highest BCUT2D eigenvalue weighted by molar-refractivity contribution is 5.46. The maximum absolute atomic E-state index is 6.19. The molecule has 1 aliphatic heterocycles. The summed E-state index contributed by atoms with van der Waals surface area (Å²) < 4.78 is 11.6. The predicted molar refractivity (Wildman–Crippen MR) is 126 cm³/mol. The van der Waals surface area contributed by atoms with E-state index in [9.17, 15) is 0 Å². The van der Waals surface area contributed by atoms with E-state index < -0.39 is 0 Å². The highest BCUT2D eigenvalue weighted by Gasteiger charge is 2.43. The molecule has 3 rings (SSSR count). The van der Waals surface area contributed by atoms with Gasteiger partial charge in [-0.3, -0.25) is 0 Å². The Kier molecular flexibility index (Phi) is 7.43. The van der Waals surface area contributed by atoms with Crippen molar-refractivity contribution in [1.29, 1.82) is 0 Å². The van der Waals surface area contributed by atoms with Crippen LogP contribution in [0, 0.1) is 0 Å². The van der Waals surface area contributed by atoms with Crippen LogP contribution in [0.1, 0.15) is 50.7 Å². The number of hydrogen-bond acceptors (Lipinski definition) is 4. The molecule has 4 heteroatoms. The first-order valence-electron chi connectivity index (χ1n) is 11.2. The van der Waals surface area contributed by atoms with Crippen LogP contribution >= 0.6 is 0 Å². The lowest BCUT2D eigenvalue weighted by Gasteiger charge is -2.47. The van der Waals surface area contributed by atoms with Gasteiger partial charge >= 0.3 is 0 Å². The van der Waals surface area contributed by atoms with E-state index in [2.05, 4.69) is 86.7 Å². The molecule has 0 aromatic heterocycles. The minimum Gasteiger partial charge on any atom is -0.497 e. The minimum atomic E-state index is -0.0554. The number of benzene rings is 2. The second-order valence-electron chi connectivity index (χ2n) is 9.08. The summed E-state index contributed by atoms with van der Waals surface area (Å²) in [6.45, 7) is 7.21. The van der Waals surface area contributed by atoms with Gasteiger partial charge in [0.2, 0.25) is 0 Å². The van der Waals surface area contributed by atoms with Gasteiger partial charge < -0.3 is 19.7 Å². The Bertz CT molecular complexity index is 788. The number of methoxy groups -OCH3 is 1. The maximum atomic E-state index is 6.19. The van der Waals surface area contributed by atoms with E-state index in [-0.39, 0.29) is 11.0 Å². The lowest BCUT2D eigenvalue weighted by Crippen LogP contribution is -2.46. The number of hydrogen-bond donors (Lipinski definition) is 1. The van der Waals surface area contributed by atoms with E-state index in [4.69, 9.17) is 9.47 Å². The zero-order valence-electron chi connectivity index (χ0n) is 19.3. The van der Waals surface area contributed by atoms with E-state index in [1.54, 1.807) is 7.11 Å². The summed E-state index contributed by atoms with van der Waals surface area (Å²) in [6, 6.07) is 17.5. The molecule has 1 fully saturated rings. The van der Waals surface area contributed by atoms with Crippen molar-refractivity contribution in [3.63, 3.8) is 0 Å². The Labute approximate surface area is 182 Å². The van der Waals surface area contributed by atoms with Crippen molar-refractivity contribution in [3.05, 3.63) is 59.7 Å². The van der Waals surface area contributed by atoms with E-state index in [0.29, 0.717) is 0 Å². The number of ether oxygens (including phenoxy) is 2. The van der Waals surface area contributed by atoms with Gasteiger partial charge in [0, 0.05) is 38.3 Å². The van der Waals surface area contributed by atoms with Crippen LogP contribution in [0.3, 0.4) is 0 Å². The molecular weight excluding hydrogens is 372 g/mol. The third-order valence-electron chi connectivity index (χ3n) is 6.76. The summed E-state index contributed by atoms with van der Waals surface area (Å²) in [6.07, 6.45) is 4.26. The largest absolute Gasteiger partial charge is 0.497 e. The first-order valence-corrected chi connectivity index (χ1v) is 11.2. The summed E-state index contributed by atoms with van der Waals surface area (Å²) in [4.78, 5) is 2.13. The third-order valence-corrected chi connectivity index (χ3v) is 6.76. The number of rotatable bonds is 9. The molecule has 164 valence electrons. The number of nitrogens with one attached hydrogen (secondary N) is 1. The van der Waals surface area contributed by atoms with Crippen LogP contribution in [-0.4, -0.2) is 40.0 Å². The molecule has 1 heterocycles. The summed E-state index contributed by atoms with van der Waals surface area (Å²) in [5.41, 5.74) is 4.04. The Morgan fingerprint density at radius 2 is 1.77 bits per heavy atom. The fourth-order valence-corrected chi connectivity index (χ4v) is 4.60. The molecule has 0 radical (unpaired) electrons.